The van der Waals surface area contributed by atoms with Gasteiger partial charge in [0.1, 0.15) is 0 Å². The molecule has 0 saturated carbocycles. The first kappa shape index (κ1) is 14.4. The molecule has 1 aliphatic rings. The lowest BCUT2D eigenvalue weighted by Crippen LogP contribution is -2.47. The number of benzene rings is 1. The number of anilines is 1. The van der Waals surface area contributed by atoms with E-state index in [1.807, 2.05) is 0 Å². The van der Waals surface area contributed by atoms with E-state index >= 15 is 0 Å². The van der Waals surface area contributed by atoms with Gasteiger partial charge in [0.15, 0.2) is 0 Å². The van der Waals surface area contributed by atoms with Crippen LogP contribution in [0.1, 0.15) is 18.9 Å². The highest BCUT2D eigenvalue weighted by atomic mass is 15.3. The van der Waals surface area contributed by atoms with Crippen LogP contribution in [0.2, 0.25) is 0 Å². The van der Waals surface area contributed by atoms with E-state index in [2.05, 4.69) is 53.2 Å². The molecule has 19 heavy (non-hydrogen) atoms. The lowest BCUT2D eigenvalue weighted by Gasteiger charge is -2.34. The second kappa shape index (κ2) is 7.51. The molecule has 106 valence electrons. The van der Waals surface area contributed by atoms with Gasteiger partial charge >= 0.3 is 0 Å². The molecule has 3 heteroatoms. The van der Waals surface area contributed by atoms with E-state index in [4.69, 9.17) is 0 Å². The lowest BCUT2D eigenvalue weighted by atomic mass is 10.2. The van der Waals surface area contributed by atoms with Gasteiger partial charge in [0.2, 0.25) is 0 Å². The summed E-state index contributed by atoms with van der Waals surface area (Å²) in [7, 11) is 0. The van der Waals surface area contributed by atoms with Crippen molar-refractivity contribution in [3.8, 4) is 0 Å². The third kappa shape index (κ3) is 4.84. The largest absolute Gasteiger partial charge is 0.384 e. The number of hydrogen-bond donors (Lipinski definition) is 1. The Balaban J connectivity index is 1.63. The Morgan fingerprint density at radius 1 is 0.947 bits per heavy atom. The molecule has 0 radical (unpaired) electrons. The third-order valence-corrected chi connectivity index (χ3v) is 3.81. The minimum Gasteiger partial charge on any atom is -0.384 e. The molecule has 3 nitrogen and oxygen atoms in total. The molecule has 0 bridgehead atoms. The molecule has 1 aromatic carbocycles. The normalized spacial score (nSPS) is 17.6. The second-order valence-electron chi connectivity index (χ2n) is 5.48. The summed E-state index contributed by atoms with van der Waals surface area (Å²) in [5.74, 6) is 0. The minimum absolute atomic E-state index is 1.04. The van der Waals surface area contributed by atoms with Gasteiger partial charge in [0.25, 0.3) is 0 Å². The van der Waals surface area contributed by atoms with Crippen molar-refractivity contribution >= 4 is 5.69 Å². The Kier molecular flexibility index (Phi) is 5.67. The van der Waals surface area contributed by atoms with Crippen molar-refractivity contribution in [2.45, 2.75) is 20.3 Å². The molecule has 1 N–H and O–H groups in total. The van der Waals surface area contributed by atoms with Gasteiger partial charge in [-0.05, 0) is 32.0 Å². The van der Waals surface area contributed by atoms with E-state index in [1.165, 1.54) is 50.4 Å². The topological polar surface area (TPSA) is 18.5 Å². The van der Waals surface area contributed by atoms with Gasteiger partial charge in [-0.15, -0.1) is 0 Å². The molecule has 2 rings (SSSR count). The van der Waals surface area contributed by atoms with Gasteiger partial charge in [0, 0.05) is 45.0 Å². The lowest BCUT2D eigenvalue weighted by molar-refractivity contribution is 0.136. The fraction of sp³-hybridized carbons (Fsp3) is 0.625. The van der Waals surface area contributed by atoms with Crippen LogP contribution < -0.4 is 5.32 Å². The molecular weight excluding hydrogens is 234 g/mol. The summed E-state index contributed by atoms with van der Waals surface area (Å²) in [6.45, 7) is 12.7. The predicted octanol–water partition coefficient (Wildman–Crippen LogP) is 2.43. The summed E-state index contributed by atoms with van der Waals surface area (Å²) < 4.78 is 0. The number of nitrogens with one attached hydrogen (secondary N) is 1. The average molecular weight is 261 g/mol. The maximum atomic E-state index is 3.50. The van der Waals surface area contributed by atoms with E-state index in [0.717, 1.165) is 13.1 Å². The summed E-state index contributed by atoms with van der Waals surface area (Å²) in [6, 6.07) is 8.64. The van der Waals surface area contributed by atoms with Crippen LogP contribution in [0.5, 0.6) is 0 Å². The van der Waals surface area contributed by atoms with Crippen molar-refractivity contribution in [3.63, 3.8) is 0 Å². The monoisotopic (exact) mass is 261 g/mol. The van der Waals surface area contributed by atoms with Crippen molar-refractivity contribution in [1.29, 1.82) is 0 Å². The number of rotatable bonds is 6. The van der Waals surface area contributed by atoms with Crippen molar-refractivity contribution in [1.82, 2.24) is 9.80 Å². The highest BCUT2D eigenvalue weighted by Crippen LogP contribution is 2.08. The van der Waals surface area contributed by atoms with E-state index in [1.54, 1.807) is 0 Å². The zero-order valence-electron chi connectivity index (χ0n) is 12.4. The van der Waals surface area contributed by atoms with E-state index in [9.17, 15) is 0 Å². The Bertz CT molecular complexity index is 353. The van der Waals surface area contributed by atoms with E-state index < -0.39 is 0 Å². The molecule has 0 aliphatic carbocycles. The maximum absolute atomic E-state index is 3.50. The van der Waals surface area contributed by atoms with Crippen LogP contribution >= 0.6 is 0 Å². The quantitative estimate of drug-likeness (QED) is 0.848. The zero-order chi connectivity index (χ0) is 13.5. The Labute approximate surface area is 117 Å². The van der Waals surface area contributed by atoms with Crippen LogP contribution in [0.15, 0.2) is 24.3 Å². The first-order valence-electron chi connectivity index (χ1n) is 7.53. The summed E-state index contributed by atoms with van der Waals surface area (Å²) in [5.41, 5.74) is 2.55. The Morgan fingerprint density at radius 2 is 1.53 bits per heavy atom. The molecular formula is C16H27N3. The van der Waals surface area contributed by atoms with Gasteiger partial charge in [-0.1, -0.05) is 24.6 Å². The molecule has 0 atom stereocenters. The average Bonchev–Trinajstić information content (AvgIpc) is 2.43. The number of hydrogen-bond acceptors (Lipinski definition) is 3. The van der Waals surface area contributed by atoms with Crippen LogP contribution in [0.25, 0.3) is 0 Å². The number of piperazine rings is 1. The molecule has 1 fully saturated rings. The van der Waals surface area contributed by atoms with E-state index in [-0.39, 0.29) is 0 Å². The van der Waals surface area contributed by atoms with Crippen molar-refractivity contribution < 1.29 is 0 Å². The fourth-order valence-corrected chi connectivity index (χ4v) is 2.58. The Hall–Kier alpha value is -1.06. The number of nitrogens with zero attached hydrogens (tertiary/aromatic N) is 2. The Morgan fingerprint density at radius 3 is 2.11 bits per heavy atom. The second-order valence-corrected chi connectivity index (χ2v) is 5.48. The van der Waals surface area contributed by atoms with Crippen LogP contribution in [-0.2, 0) is 0 Å². The van der Waals surface area contributed by atoms with E-state index in [0.29, 0.717) is 0 Å². The van der Waals surface area contributed by atoms with Crippen molar-refractivity contribution in [2.24, 2.45) is 0 Å². The van der Waals surface area contributed by atoms with Gasteiger partial charge in [-0.2, -0.15) is 0 Å². The highest BCUT2D eigenvalue weighted by molar-refractivity contribution is 5.44. The first-order chi connectivity index (χ1) is 9.28. The molecule has 0 spiro atoms. The minimum atomic E-state index is 1.04. The summed E-state index contributed by atoms with van der Waals surface area (Å²) >= 11 is 0. The number of aryl methyl sites for hydroxylation is 1. The molecule has 1 aliphatic heterocycles. The molecule has 1 aromatic rings. The van der Waals surface area contributed by atoms with Gasteiger partial charge in [0.05, 0.1) is 0 Å². The van der Waals surface area contributed by atoms with Gasteiger partial charge in [-0.3, -0.25) is 4.90 Å². The van der Waals surface area contributed by atoms with Gasteiger partial charge < -0.3 is 10.2 Å². The summed E-state index contributed by atoms with van der Waals surface area (Å²) in [4.78, 5) is 5.14. The van der Waals surface area contributed by atoms with Crippen molar-refractivity contribution in [3.05, 3.63) is 29.8 Å². The molecule has 0 aromatic heterocycles. The third-order valence-electron chi connectivity index (χ3n) is 3.81. The maximum Gasteiger partial charge on any atom is 0.0340 e. The molecule has 0 amide bonds. The highest BCUT2D eigenvalue weighted by Gasteiger charge is 2.15. The van der Waals surface area contributed by atoms with Crippen LogP contribution in [-0.4, -0.2) is 55.6 Å². The first-order valence-corrected chi connectivity index (χ1v) is 7.53. The fourth-order valence-electron chi connectivity index (χ4n) is 2.58. The molecule has 0 unspecified atom stereocenters. The van der Waals surface area contributed by atoms with Crippen LogP contribution in [0.3, 0.4) is 0 Å². The zero-order valence-corrected chi connectivity index (χ0v) is 12.4. The standard InChI is InChI=1S/C16H27N3/c1-3-9-18-11-13-19(14-12-18)10-8-17-16-6-4-15(2)5-7-16/h4-7,17H,3,8-14H2,1-2H3. The summed E-state index contributed by atoms with van der Waals surface area (Å²) in [5, 5.41) is 3.50. The van der Waals surface area contributed by atoms with Gasteiger partial charge in [-0.25, -0.2) is 0 Å². The van der Waals surface area contributed by atoms with Crippen LogP contribution in [0.4, 0.5) is 5.69 Å². The predicted molar refractivity (Wildman–Crippen MR) is 82.8 cm³/mol. The van der Waals surface area contributed by atoms with Crippen LogP contribution in [0, 0.1) is 6.92 Å². The van der Waals surface area contributed by atoms with Crippen molar-refractivity contribution in [2.75, 3.05) is 51.1 Å². The molecule has 1 saturated heterocycles. The SMILES string of the molecule is CCCN1CCN(CCNc2ccc(C)cc2)CC1. The summed E-state index contributed by atoms with van der Waals surface area (Å²) in [6.07, 6.45) is 1.27. The smallest absolute Gasteiger partial charge is 0.0340 e. The molecule has 1 heterocycles.